The Bertz CT molecular complexity index is 703. The highest BCUT2D eigenvalue weighted by Gasteiger charge is 2.21. The average Bonchev–Trinajstić information content (AvgIpc) is 3.36. The van der Waals surface area contributed by atoms with Gasteiger partial charge in [-0.25, -0.2) is 0 Å². The largest absolute Gasteiger partial charge is 0.481 e. The van der Waals surface area contributed by atoms with E-state index in [9.17, 15) is 14.7 Å². The van der Waals surface area contributed by atoms with E-state index in [2.05, 4.69) is 67.7 Å². The average molecular weight is 521 g/mol. The molecule has 0 spiro atoms. The zero-order valence-corrected chi connectivity index (χ0v) is 22.9. The Morgan fingerprint density at radius 3 is 2.06 bits per heavy atom. The Balaban J connectivity index is 2.02. The second-order valence-electron chi connectivity index (χ2n) is 8.58. The van der Waals surface area contributed by atoms with Gasteiger partial charge in [0.1, 0.15) is 6.61 Å². The monoisotopic (exact) mass is 520 g/mol. The maximum Gasteiger partial charge on any atom is 0.309 e. The van der Waals surface area contributed by atoms with E-state index in [1.54, 1.807) is 0 Å². The number of carboxylic acid groups (broad SMARTS) is 1. The number of carbonyl (C=O) groups excluding carboxylic acids is 1. The lowest BCUT2D eigenvalue weighted by Crippen LogP contribution is -2.22. The van der Waals surface area contributed by atoms with Gasteiger partial charge in [-0.2, -0.15) is 0 Å². The molecule has 0 amide bonds. The molecule has 4 nitrogen and oxygen atoms in total. The van der Waals surface area contributed by atoms with Gasteiger partial charge in [-0.1, -0.05) is 95.7 Å². The van der Waals surface area contributed by atoms with E-state index in [0.717, 1.165) is 57.8 Å². The number of aliphatic carboxylic acids is 1. The molecule has 0 aromatic rings. The molecule has 0 radical (unpaired) electrons. The highest BCUT2D eigenvalue weighted by atomic mass is 33.1. The lowest BCUT2D eigenvalue weighted by molar-refractivity contribution is -0.151. The molecule has 1 aliphatic heterocycles. The number of rotatable bonds is 20. The fraction of sp³-hybridized carbons (Fsp3) is 0.586. The summed E-state index contributed by atoms with van der Waals surface area (Å²) < 4.78 is 5.24. The Morgan fingerprint density at radius 1 is 0.914 bits per heavy atom. The Hall–Kier alpha value is -1.66. The van der Waals surface area contributed by atoms with Crippen LogP contribution >= 0.6 is 21.6 Å². The number of carbonyl (C=O) groups is 2. The van der Waals surface area contributed by atoms with Crippen LogP contribution in [0, 0.1) is 5.92 Å². The van der Waals surface area contributed by atoms with Crippen LogP contribution in [0.2, 0.25) is 0 Å². The molecule has 196 valence electrons. The van der Waals surface area contributed by atoms with E-state index in [1.807, 2.05) is 21.6 Å². The number of esters is 1. The van der Waals surface area contributed by atoms with Gasteiger partial charge in [0.15, 0.2) is 0 Å². The zero-order chi connectivity index (χ0) is 25.4. The third-order valence-electron chi connectivity index (χ3n) is 5.51. The van der Waals surface area contributed by atoms with Crippen LogP contribution in [0.4, 0.5) is 0 Å². The molecule has 0 aliphatic carbocycles. The fourth-order valence-corrected chi connectivity index (χ4v) is 6.46. The smallest absolute Gasteiger partial charge is 0.309 e. The quantitative estimate of drug-likeness (QED) is 0.0751. The van der Waals surface area contributed by atoms with Crippen molar-refractivity contribution < 1.29 is 19.4 Å². The van der Waals surface area contributed by atoms with Crippen molar-refractivity contribution in [2.24, 2.45) is 5.92 Å². The van der Waals surface area contributed by atoms with Gasteiger partial charge in [-0.15, -0.1) is 0 Å². The SMILES string of the molecule is CCC=CCC=CCC=CCC=CCC=CCCCC(=O)OCC(CCCC1CCSS1)C(=O)O. The summed E-state index contributed by atoms with van der Waals surface area (Å²) in [4.78, 5) is 23.4. The van der Waals surface area contributed by atoms with E-state index < -0.39 is 11.9 Å². The lowest BCUT2D eigenvalue weighted by atomic mass is 10.0. The van der Waals surface area contributed by atoms with Crippen molar-refractivity contribution in [2.75, 3.05) is 12.4 Å². The van der Waals surface area contributed by atoms with Crippen LogP contribution in [0.1, 0.15) is 84.0 Å². The van der Waals surface area contributed by atoms with Gasteiger partial charge in [-0.05, 0) is 64.2 Å². The molecule has 2 unspecified atom stereocenters. The molecule has 35 heavy (non-hydrogen) atoms. The molecule has 0 aromatic heterocycles. The Labute approximate surface area is 220 Å². The molecule has 1 heterocycles. The molecule has 1 rings (SSSR count). The number of hydrogen-bond donors (Lipinski definition) is 1. The number of carboxylic acids is 1. The lowest BCUT2D eigenvalue weighted by Gasteiger charge is -2.14. The summed E-state index contributed by atoms with van der Waals surface area (Å²) >= 11 is 0. The van der Waals surface area contributed by atoms with Crippen LogP contribution in [0.25, 0.3) is 0 Å². The van der Waals surface area contributed by atoms with Crippen molar-refractivity contribution in [3.63, 3.8) is 0 Å². The van der Waals surface area contributed by atoms with Gasteiger partial charge in [-0.3, -0.25) is 9.59 Å². The van der Waals surface area contributed by atoms with Crippen molar-refractivity contribution in [2.45, 2.75) is 89.2 Å². The van der Waals surface area contributed by atoms with Crippen molar-refractivity contribution in [3.05, 3.63) is 60.8 Å². The zero-order valence-electron chi connectivity index (χ0n) is 21.3. The maximum absolute atomic E-state index is 11.9. The molecule has 1 saturated heterocycles. The number of ether oxygens (including phenoxy) is 1. The number of hydrogen-bond acceptors (Lipinski definition) is 5. The predicted molar refractivity (Wildman–Crippen MR) is 153 cm³/mol. The Kier molecular flexibility index (Phi) is 20.4. The van der Waals surface area contributed by atoms with Gasteiger partial charge < -0.3 is 9.84 Å². The summed E-state index contributed by atoms with van der Waals surface area (Å²) in [6.07, 6.45) is 32.1. The third kappa shape index (κ3) is 19.2. The minimum Gasteiger partial charge on any atom is -0.481 e. The first-order valence-electron chi connectivity index (χ1n) is 13.0. The highest BCUT2D eigenvalue weighted by Crippen LogP contribution is 2.40. The van der Waals surface area contributed by atoms with Gasteiger partial charge in [0.2, 0.25) is 0 Å². The fourth-order valence-electron chi connectivity index (χ4n) is 3.43. The van der Waals surface area contributed by atoms with Crippen molar-refractivity contribution in [3.8, 4) is 0 Å². The van der Waals surface area contributed by atoms with Crippen LogP contribution in [-0.2, 0) is 14.3 Å². The minimum atomic E-state index is -0.870. The minimum absolute atomic E-state index is 0.0115. The predicted octanol–water partition coefficient (Wildman–Crippen LogP) is 8.48. The van der Waals surface area contributed by atoms with Gasteiger partial charge in [0.25, 0.3) is 0 Å². The number of allylic oxidation sites excluding steroid dienone is 10. The summed E-state index contributed by atoms with van der Waals surface area (Å²) in [7, 11) is 3.81. The summed E-state index contributed by atoms with van der Waals surface area (Å²) in [5.41, 5.74) is 0. The molecule has 1 fully saturated rings. The third-order valence-corrected chi connectivity index (χ3v) is 8.52. The van der Waals surface area contributed by atoms with Gasteiger partial charge >= 0.3 is 11.9 Å². The molecular weight excluding hydrogens is 476 g/mol. The molecule has 1 aliphatic rings. The van der Waals surface area contributed by atoms with E-state index in [0.29, 0.717) is 18.1 Å². The van der Waals surface area contributed by atoms with E-state index in [1.165, 1.54) is 12.2 Å². The van der Waals surface area contributed by atoms with Crippen LogP contribution < -0.4 is 0 Å². The van der Waals surface area contributed by atoms with E-state index >= 15 is 0 Å². The number of unbranched alkanes of at least 4 members (excludes halogenated alkanes) is 1. The molecule has 0 saturated carbocycles. The second kappa shape index (κ2) is 22.8. The van der Waals surface area contributed by atoms with Crippen molar-refractivity contribution in [1.82, 2.24) is 0 Å². The molecule has 2 atom stereocenters. The first kappa shape index (κ1) is 31.4. The molecular formula is C29H44O4S2. The second-order valence-corrected chi connectivity index (χ2v) is 11.4. The van der Waals surface area contributed by atoms with Crippen LogP contribution in [0.3, 0.4) is 0 Å². The van der Waals surface area contributed by atoms with Crippen LogP contribution in [-0.4, -0.2) is 34.7 Å². The highest BCUT2D eigenvalue weighted by molar-refractivity contribution is 8.77. The van der Waals surface area contributed by atoms with Gasteiger partial charge in [0.05, 0.1) is 5.92 Å². The first-order valence-corrected chi connectivity index (χ1v) is 15.4. The molecule has 0 bridgehead atoms. The van der Waals surface area contributed by atoms with Gasteiger partial charge in [0, 0.05) is 17.4 Å². The molecule has 1 N–H and O–H groups in total. The van der Waals surface area contributed by atoms with Crippen molar-refractivity contribution in [1.29, 1.82) is 0 Å². The summed E-state index contributed by atoms with van der Waals surface area (Å²) in [6.45, 7) is 2.13. The maximum atomic E-state index is 11.9. The standard InChI is InChI=1S/C29H44O4S2/c1-2-3-4-5-6-7-8-9-10-11-12-13-14-15-16-17-18-22-28(30)33-25-26(29(31)32)20-19-21-27-23-24-34-35-27/h3-4,6-7,9-10,12-13,15-16,26-27H,2,5,8,11,14,17-25H2,1H3,(H,31,32). The molecule has 6 heteroatoms. The topological polar surface area (TPSA) is 63.6 Å². The van der Waals surface area contributed by atoms with Crippen molar-refractivity contribution >= 4 is 33.5 Å². The van der Waals surface area contributed by atoms with Crippen LogP contribution in [0.15, 0.2) is 60.8 Å². The van der Waals surface area contributed by atoms with E-state index in [4.69, 9.17) is 4.74 Å². The summed E-state index contributed by atoms with van der Waals surface area (Å²) in [5.74, 6) is -0.574. The summed E-state index contributed by atoms with van der Waals surface area (Å²) in [6, 6.07) is 0. The summed E-state index contributed by atoms with van der Waals surface area (Å²) in [5, 5.41) is 10.0. The first-order chi connectivity index (χ1) is 17.1. The van der Waals surface area contributed by atoms with E-state index in [-0.39, 0.29) is 12.6 Å². The Morgan fingerprint density at radius 2 is 1.51 bits per heavy atom. The normalized spacial score (nSPS) is 17.6. The molecule has 0 aromatic carbocycles. The van der Waals surface area contributed by atoms with Crippen LogP contribution in [0.5, 0.6) is 0 Å².